The summed E-state index contributed by atoms with van der Waals surface area (Å²) in [5.41, 5.74) is 0.768. The molecular formula is C12H14ClNO2. The minimum absolute atomic E-state index is 0.109. The molecule has 0 aromatic heterocycles. The van der Waals surface area contributed by atoms with Crippen LogP contribution in [-0.2, 0) is 4.74 Å². The Kier molecular flexibility index (Phi) is 2.80. The van der Waals surface area contributed by atoms with E-state index in [2.05, 4.69) is 5.32 Å². The molecule has 1 saturated heterocycles. The molecular weight excluding hydrogens is 226 g/mol. The summed E-state index contributed by atoms with van der Waals surface area (Å²) < 4.78 is 4.99. The molecule has 16 heavy (non-hydrogen) atoms. The molecule has 3 nitrogen and oxygen atoms in total. The Labute approximate surface area is 99.7 Å². The van der Waals surface area contributed by atoms with E-state index in [1.807, 2.05) is 38.1 Å². The zero-order valence-electron chi connectivity index (χ0n) is 9.29. The van der Waals surface area contributed by atoms with Gasteiger partial charge in [0, 0.05) is 10.4 Å². The molecule has 1 atom stereocenters. The zero-order chi connectivity index (χ0) is 11.8. The Balaban J connectivity index is 2.38. The standard InChI is InChI=1S/C12H14ClNO2/c1-12(2)7-16-11(15)14-10(12)8-5-3-4-6-9(8)13/h3-6,10H,7H2,1-2H3,(H,14,15)/t10-/m1/s1. The number of amides is 1. The number of benzene rings is 1. The minimum atomic E-state index is -0.385. The maximum atomic E-state index is 11.3. The molecule has 0 spiro atoms. The Morgan fingerprint density at radius 1 is 1.44 bits per heavy atom. The fraction of sp³-hybridized carbons (Fsp3) is 0.417. The van der Waals surface area contributed by atoms with Crippen LogP contribution in [-0.4, -0.2) is 12.7 Å². The minimum Gasteiger partial charge on any atom is -0.449 e. The summed E-state index contributed by atoms with van der Waals surface area (Å²) in [6.07, 6.45) is -0.385. The van der Waals surface area contributed by atoms with Crippen LogP contribution >= 0.6 is 11.6 Å². The van der Waals surface area contributed by atoms with Crippen LogP contribution in [0.15, 0.2) is 24.3 Å². The van der Waals surface area contributed by atoms with Crippen molar-refractivity contribution < 1.29 is 9.53 Å². The molecule has 1 heterocycles. The highest BCUT2D eigenvalue weighted by molar-refractivity contribution is 6.31. The van der Waals surface area contributed by atoms with Crippen LogP contribution in [0.25, 0.3) is 0 Å². The topological polar surface area (TPSA) is 38.3 Å². The van der Waals surface area contributed by atoms with Gasteiger partial charge in [-0.3, -0.25) is 0 Å². The average molecular weight is 240 g/mol. The molecule has 86 valence electrons. The molecule has 1 aliphatic heterocycles. The van der Waals surface area contributed by atoms with Crippen LogP contribution in [0.5, 0.6) is 0 Å². The van der Waals surface area contributed by atoms with Crippen LogP contribution in [0.1, 0.15) is 25.5 Å². The number of alkyl carbamates (subject to hydrolysis) is 1. The van der Waals surface area contributed by atoms with Crippen molar-refractivity contribution in [3.8, 4) is 0 Å². The van der Waals surface area contributed by atoms with Gasteiger partial charge in [0.25, 0.3) is 0 Å². The zero-order valence-corrected chi connectivity index (χ0v) is 10.0. The summed E-state index contributed by atoms with van der Waals surface area (Å²) in [6, 6.07) is 7.44. The van der Waals surface area contributed by atoms with Crippen LogP contribution in [0.2, 0.25) is 5.02 Å². The summed E-state index contributed by atoms with van der Waals surface area (Å²) in [4.78, 5) is 11.3. The summed E-state index contributed by atoms with van der Waals surface area (Å²) >= 11 is 6.14. The van der Waals surface area contributed by atoms with Gasteiger partial charge in [-0.1, -0.05) is 43.6 Å². The number of carbonyl (C=O) groups excluding carboxylic acids is 1. The van der Waals surface area contributed by atoms with Gasteiger partial charge in [0.1, 0.15) is 6.61 Å². The number of halogens is 1. The second-order valence-corrected chi connectivity index (χ2v) is 5.07. The van der Waals surface area contributed by atoms with Crippen LogP contribution < -0.4 is 5.32 Å². The highest BCUT2D eigenvalue weighted by Gasteiger charge is 2.38. The molecule has 1 aliphatic rings. The maximum Gasteiger partial charge on any atom is 0.407 e. The lowest BCUT2D eigenvalue weighted by Crippen LogP contribution is -2.47. The predicted molar refractivity (Wildman–Crippen MR) is 62.5 cm³/mol. The number of nitrogens with one attached hydrogen (secondary N) is 1. The van der Waals surface area contributed by atoms with Crippen molar-refractivity contribution in [2.45, 2.75) is 19.9 Å². The first kappa shape index (κ1) is 11.3. The van der Waals surface area contributed by atoms with E-state index in [0.29, 0.717) is 11.6 Å². The van der Waals surface area contributed by atoms with Gasteiger partial charge in [0.2, 0.25) is 0 Å². The van der Waals surface area contributed by atoms with Crippen molar-refractivity contribution in [3.05, 3.63) is 34.9 Å². The Morgan fingerprint density at radius 3 is 2.81 bits per heavy atom. The van der Waals surface area contributed by atoms with E-state index in [0.717, 1.165) is 5.56 Å². The van der Waals surface area contributed by atoms with E-state index in [4.69, 9.17) is 16.3 Å². The quantitative estimate of drug-likeness (QED) is 0.818. The SMILES string of the molecule is CC1(C)COC(=O)N[C@@H]1c1ccccc1Cl. The molecule has 0 aliphatic carbocycles. The largest absolute Gasteiger partial charge is 0.449 e. The molecule has 2 rings (SSSR count). The normalized spacial score (nSPS) is 23.4. The van der Waals surface area contributed by atoms with E-state index in [9.17, 15) is 4.79 Å². The second kappa shape index (κ2) is 3.98. The van der Waals surface area contributed by atoms with Gasteiger partial charge >= 0.3 is 6.09 Å². The monoisotopic (exact) mass is 239 g/mol. The van der Waals surface area contributed by atoms with Crippen molar-refractivity contribution in [1.82, 2.24) is 5.32 Å². The lowest BCUT2D eigenvalue weighted by Gasteiger charge is -2.38. The molecule has 1 fully saturated rings. The van der Waals surface area contributed by atoms with Crippen LogP contribution in [0.4, 0.5) is 4.79 Å². The maximum absolute atomic E-state index is 11.3. The highest BCUT2D eigenvalue weighted by atomic mass is 35.5. The van der Waals surface area contributed by atoms with Crippen molar-refractivity contribution in [2.75, 3.05) is 6.61 Å². The van der Waals surface area contributed by atoms with Gasteiger partial charge < -0.3 is 10.1 Å². The third-order valence-corrected chi connectivity index (χ3v) is 3.18. The number of ether oxygens (including phenoxy) is 1. The third kappa shape index (κ3) is 2.00. The van der Waals surface area contributed by atoms with E-state index < -0.39 is 0 Å². The van der Waals surface area contributed by atoms with E-state index in [1.54, 1.807) is 0 Å². The smallest absolute Gasteiger partial charge is 0.407 e. The Hall–Kier alpha value is -1.22. The number of rotatable bonds is 1. The fourth-order valence-corrected chi connectivity index (χ4v) is 2.14. The molecule has 1 N–H and O–H groups in total. The molecule has 0 bridgehead atoms. The van der Waals surface area contributed by atoms with Crippen LogP contribution in [0, 0.1) is 5.41 Å². The van der Waals surface area contributed by atoms with Gasteiger partial charge in [-0.25, -0.2) is 4.79 Å². The van der Waals surface area contributed by atoms with Gasteiger partial charge in [0.15, 0.2) is 0 Å². The first-order valence-corrected chi connectivity index (χ1v) is 5.56. The van der Waals surface area contributed by atoms with Gasteiger partial charge in [-0.05, 0) is 11.6 Å². The van der Waals surface area contributed by atoms with Crippen molar-refractivity contribution in [1.29, 1.82) is 0 Å². The van der Waals surface area contributed by atoms with E-state index >= 15 is 0 Å². The van der Waals surface area contributed by atoms with E-state index in [-0.39, 0.29) is 17.6 Å². The first-order valence-electron chi connectivity index (χ1n) is 5.18. The molecule has 0 saturated carbocycles. The molecule has 0 radical (unpaired) electrons. The number of hydrogen-bond acceptors (Lipinski definition) is 2. The average Bonchev–Trinajstić information content (AvgIpc) is 2.23. The molecule has 4 heteroatoms. The number of cyclic esters (lactones) is 1. The van der Waals surface area contributed by atoms with Crippen molar-refractivity contribution in [2.24, 2.45) is 5.41 Å². The summed E-state index contributed by atoms with van der Waals surface area (Å²) in [7, 11) is 0. The molecule has 1 amide bonds. The Bertz CT molecular complexity index is 417. The number of carbonyl (C=O) groups is 1. The summed E-state index contributed by atoms with van der Waals surface area (Å²) in [5.74, 6) is 0. The van der Waals surface area contributed by atoms with Crippen LogP contribution in [0.3, 0.4) is 0 Å². The molecule has 0 unspecified atom stereocenters. The van der Waals surface area contributed by atoms with Gasteiger partial charge in [-0.15, -0.1) is 0 Å². The summed E-state index contributed by atoms with van der Waals surface area (Å²) in [6.45, 7) is 4.48. The van der Waals surface area contributed by atoms with Gasteiger partial charge in [0.05, 0.1) is 6.04 Å². The highest BCUT2D eigenvalue weighted by Crippen LogP contribution is 2.38. The lowest BCUT2D eigenvalue weighted by atomic mass is 9.80. The fourth-order valence-electron chi connectivity index (χ4n) is 1.90. The molecule has 1 aromatic rings. The van der Waals surface area contributed by atoms with Gasteiger partial charge in [-0.2, -0.15) is 0 Å². The summed E-state index contributed by atoms with van der Waals surface area (Å²) in [5, 5.41) is 3.49. The second-order valence-electron chi connectivity index (χ2n) is 4.66. The van der Waals surface area contributed by atoms with Crippen molar-refractivity contribution in [3.63, 3.8) is 0 Å². The van der Waals surface area contributed by atoms with Crippen molar-refractivity contribution >= 4 is 17.7 Å². The number of hydrogen-bond donors (Lipinski definition) is 1. The van der Waals surface area contributed by atoms with E-state index in [1.165, 1.54) is 0 Å². The third-order valence-electron chi connectivity index (χ3n) is 2.84. The predicted octanol–water partition coefficient (Wildman–Crippen LogP) is 3.15. The first-order chi connectivity index (χ1) is 7.50. The Morgan fingerprint density at radius 2 is 2.12 bits per heavy atom. The molecule has 1 aromatic carbocycles. The lowest BCUT2D eigenvalue weighted by molar-refractivity contribution is 0.0388.